The number of halogens is 2. The van der Waals surface area contributed by atoms with Crippen LogP contribution in [0.2, 0.25) is 10.6 Å². The van der Waals surface area contributed by atoms with Crippen molar-refractivity contribution in [3.05, 3.63) is 102 Å². The van der Waals surface area contributed by atoms with Gasteiger partial charge in [-0.15, -0.1) is 29.1 Å². The molecular weight excluding hydrogens is 1230 g/mol. The highest BCUT2D eigenvalue weighted by Crippen LogP contribution is 2.45. The summed E-state index contributed by atoms with van der Waals surface area (Å²) >= 11 is 13.5. The van der Waals surface area contributed by atoms with E-state index in [1.165, 1.54) is 42.5 Å². The second-order valence-electron chi connectivity index (χ2n) is 14.9. The lowest BCUT2D eigenvalue weighted by atomic mass is 10.2. The van der Waals surface area contributed by atoms with E-state index in [2.05, 4.69) is 94.6 Å². The fourth-order valence-electron chi connectivity index (χ4n) is 6.17. The van der Waals surface area contributed by atoms with Gasteiger partial charge in [-0.25, -0.2) is 23.1 Å². The average Bonchev–Trinajstić information content (AvgIpc) is 3.46. The van der Waals surface area contributed by atoms with Gasteiger partial charge in [0.05, 0.1) is 57.6 Å². The third-order valence-electron chi connectivity index (χ3n) is 9.52. The maximum atomic E-state index is 12.6. The molecule has 0 atom stereocenters. The first-order valence-corrected chi connectivity index (χ1v) is 28.9. The molecule has 7 rings (SSSR count). The van der Waals surface area contributed by atoms with Gasteiger partial charge in [-0.1, -0.05) is 10.1 Å². The van der Waals surface area contributed by atoms with Gasteiger partial charge in [-0.05, 0) is 114 Å². The van der Waals surface area contributed by atoms with Crippen molar-refractivity contribution in [2.45, 2.75) is 24.5 Å². The molecule has 80 heavy (non-hydrogen) atoms. The number of nitrogens with two attached hydrogens (primary N) is 2. The van der Waals surface area contributed by atoms with E-state index < -0.39 is 91.1 Å². The highest BCUT2D eigenvalue weighted by atomic mass is 35.5. The lowest BCUT2D eigenvalue weighted by Crippen LogP contribution is -2.15. The molecule has 5 aromatic carbocycles. The number of nitrogens with one attached hydrogen (secondary N) is 4. The van der Waals surface area contributed by atoms with Crippen LogP contribution in [-0.4, -0.2) is 100 Å². The lowest BCUT2D eigenvalue weighted by molar-refractivity contribution is -0.432. The van der Waals surface area contributed by atoms with Crippen LogP contribution in [0.4, 0.5) is 80.7 Å². The molecule has 0 aliphatic carbocycles. The first-order chi connectivity index (χ1) is 37.8. The van der Waals surface area contributed by atoms with Gasteiger partial charge in [0.15, 0.2) is 9.84 Å². The van der Waals surface area contributed by atoms with E-state index in [1.54, 1.807) is 24.3 Å². The Morgan fingerprint density at radius 2 is 0.988 bits per heavy atom. The van der Waals surface area contributed by atoms with Crippen molar-refractivity contribution < 1.29 is 80.8 Å². The molecule has 0 bridgehead atoms. The number of aromatic nitrogens is 6. The van der Waals surface area contributed by atoms with E-state index in [0.717, 1.165) is 30.2 Å². The number of rotatable bonds is 25. The summed E-state index contributed by atoms with van der Waals surface area (Å²) in [6.07, 6.45) is 0. The van der Waals surface area contributed by atoms with E-state index in [1.807, 2.05) is 0 Å². The molecule has 42 heteroatoms. The van der Waals surface area contributed by atoms with Crippen LogP contribution in [0.3, 0.4) is 0 Å². The molecule has 13 N–H and O–H groups in total. The molecule has 2 aromatic heterocycles. The lowest BCUT2D eigenvalue weighted by Gasteiger charge is -2.12. The number of nitrogen functional groups attached to an aromatic ring is 2. The van der Waals surface area contributed by atoms with E-state index in [0.29, 0.717) is 28.7 Å². The van der Waals surface area contributed by atoms with Gasteiger partial charge in [0.2, 0.25) is 34.4 Å². The Bertz CT molecular complexity index is 3980. The maximum absolute atomic E-state index is 12.6. The van der Waals surface area contributed by atoms with Gasteiger partial charge < -0.3 is 32.7 Å². The molecule has 0 aliphatic rings. The van der Waals surface area contributed by atoms with Crippen molar-refractivity contribution in [3.63, 3.8) is 0 Å². The standard InChI is InChI=1S/C38H32Cl2N16O18S6/c39-33-47-35(43-18-1-7-22(8-2-18)75-73-71-57)51-37(49-33)45-20-5-11-27(76-74-72-58)24(15-20)53-56-32-30(41)26(17-29(31(32)42)79(64,65)66)55-54-25-16-21(6-12-28(25)78(61,62)63)46-38-50-34(40)48-36(52-38)44-19-3-9-23(10-4-19)77(59,60)14-13-70-80(67,68)69/h1-12,15-17,57-58H,13-14,41-42H2,(H,61,62,63)(H,64,65,66)(H,67,68,69)(H2,43,45,47,49,51)(H2,44,46,48,50,52). The summed E-state index contributed by atoms with van der Waals surface area (Å²) in [6.45, 7) is -0.848. The van der Waals surface area contributed by atoms with Crippen molar-refractivity contribution in [3.8, 4) is 0 Å². The van der Waals surface area contributed by atoms with Gasteiger partial charge in [0, 0.05) is 27.6 Å². The fraction of sp³-hybridized carbons (Fsp3) is 0.0526. The summed E-state index contributed by atoms with van der Waals surface area (Å²) in [5.74, 6) is -1.37. The van der Waals surface area contributed by atoms with Crippen molar-refractivity contribution in [2.24, 2.45) is 20.5 Å². The largest absolute Gasteiger partial charge is 0.397 e. The van der Waals surface area contributed by atoms with Gasteiger partial charge in [-0.3, -0.25) is 13.7 Å². The molecule has 0 spiro atoms. The Balaban J connectivity index is 1.15. The van der Waals surface area contributed by atoms with E-state index in [9.17, 15) is 42.8 Å². The van der Waals surface area contributed by atoms with Crippen molar-refractivity contribution in [1.82, 2.24) is 29.9 Å². The van der Waals surface area contributed by atoms with E-state index >= 15 is 0 Å². The zero-order chi connectivity index (χ0) is 58.0. The number of nitrogens with zero attached hydrogens (tertiary/aromatic N) is 10. The number of benzene rings is 5. The van der Waals surface area contributed by atoms with Crippen LogP contribution in [0.15, 0.2) is 136 Å². The molecule has 0 unspecified atom stereocenters. The summed E-state index contributed by atoms with van der Waals surface area (Å²) in [5.41, 5.74) is 10.2. The Hall–Kier alpha value is -7.20. The number of hydrogen-bond acceptors (Lipinski definition) is 33. The SMILES string of the molecule is Nc1c(N=Nc2cc(Nc3nc(Cl)nc(Nc4ccc(S(=O)(=O)CCOS(=O)(=O)O)cc4)n3)ccc2S(=O)(=O)O)cc(S(=O)(=O)O)c(N)c1N=Nc1cc(Nc2nc(Cl)nc(Nc3ccc(SOOO)cc3)n2)ccc1SOOO. The van der Waals surface area contributed by atoms with Crippen LogP contribution >= 0.6 is 47.3 Å². The minimum atomic E-state index is -5.22. The van der Waals surface area contributed by atoms with Gasteiger partial charge in [0.25, 0.3) is 20.2 Å². The van der Waals surface area contributed by atoms with Crippen molar-refractivity contribution >= 4 is 168 Å². The first kappa shape index (κ1) is 60.4. The molecule has 0 radical (unpaired) electrons. The zero-order valence-corrected chi connectivity index (χ0v) is 45.4. The number of hydrogen-bond donors (Lipinski definition) is 11. The Kier molecular flexibility index (Phi) is 19.6. The van der Waals surface area contributed by atoms with Crippen LogP contribution in [0.25, 0.3) is 0 Å². The summed E-state index contributed by atoms with van der Waals surface area (Å²) in [7, 11) is -19.2. The Morgan fingerprint density at radius 1 is 0.525 bits per heavy atom. The average molecular weight is 1260 g/mol. The summed E-state index contributed by atoms with van der Waals surface area (Å²) < 4.78 is 139. The minimum Gasteiger partial charge on any atom is -0.396 e. The highest BCUT2D eigenvalue weighted by Gasteiger charge is 2.24. The molecule has 2 heterocycles. The van der Waals surface area contributed by atoms with Gasteiger partial charge >= 0.3 is 10.4 Å². The van der Waals surface area contributed by atoms with Gasteiger partial charge in [0.1, 0.15) is 32.5 Å². The molecular formula is C38H32Cl2N16O18S6. The molecule has 422 valence electrons. The Morgan fingerprint density at radius 3 is 1.51 bits per heavy atom. The predicted molar refractivity (Wildman–Crippen MR) is 283 cm³/mol. The smallest absolute Gasteiger partial charge is 0.396 e. The first-order valence-electron chi connectivity index (χ1n) is 20.8. The molecule has 0 fully saturated rings. The molecule has 0 saturated heterocycles. The Labute approximate surface area is 467 Å². The second-order valence-corrected chi connectivity index (χ2v) is 23.0. The highest BCUT2D eigenvalue weighted by molar-refractivity contribution is 7.95. The zero-order valence-electron chi connectivity index (χ0n) is 39.0. The number of azo groups is 2. The van der Waals surface area contributed by atoms with Crippen molar-refractivity contribution in [1.29, 1.82) is 0 Å². The van der Waals surface area contributed by atoms with Crippen molar-refractivity contribution in [2.75, 3.05) is 45.1 Å². The number of anilines is 10. The third kappa shape index (κ3) is 16.9. The van der Waals surface area contributed by atoms with Crippen LogP contribution in [0.1, 0.15) is 0 Å². The van der Waals surface area contributed by atoms with Crippen LogP contribution in [-0.2, 0) is 63.4 Å². The quantitative estimate of drug-likeness (QED) is 0.00640. The normalized spacial score (nSPS) is 12.3. The topological polar surface area (TPSA) is 511 Å². The van der Waals surface area contributed by atoms with Gasteiger partial charge in [-0.2, -0.15) is 55.2 Å². The second kappa shape index (κ2) is 25.9. The van der Waals surface area contributed by atoms with E-state index in [-0.39, 0.29) is 66.9 Å². The summed E-state index contributed by atoms with van der Waals surface area (Å²) in [4.78, 5) is 23.1. The fourth-order valence-corrected chi connectivity index (χ4v) is 9.98. The molecule has 34 nitrogen and oxygen atoms in total. The minimum absolute atomic E-state index is 0.00854. The van der Waals surface area contributed by atoms with Crippen LogP contribution < -0.4 is 32.7 Å². The third-order valence-corrected chi connectivity index (χ3v) is 15.1. The summed E-state index contributed by atoms with van der Waals surface area (Å²) in [5, 5.41) is 51.2. The van der Waals surface area contributed by atoms with E-state index in [4.69, 9.17) is 49.7 Å². The van der Waals surface area contributed by atoms with Crippen LogP contribution in [0, 0.1) is 0 Å². The number of sulfone groups is 1. The monoisotopic (exact) mass is 1260 g/mol. The molecule has 0 saturated carbocycles. The molecule has 7 aromatic rings. The summed E-state index contributed by atoms with van der Waals surface area (Å²) in [6, 6.07) is 19.3. The predicted octanol–water partition coefficient (Wildman–Crippen LogP) is 8.28. The molecule has 0 amide bonds. The van der Waals surface area contributed by atoms with Crippen LogP contribution in [0.5, 0.6) is 0 Å². The maximum Gasteiger partial charge on any atom is 0.397 e. The molecule has 0 aliphatic heterocycles.